The van der Waals surface area contributed by atoms with Crippen molar-refractivity contribution < 1.29 is 9.59 Å². The van der Waals surface area contributed by atoms with Crippen LogP contribution < -0.4 is 0 Å². The van der Waals surface area contributed by atoms with Gasteiger partial charge in [-0.05, 0) is 44.4 Å². The van der Waals surface area contributed by atoms with Gasteiger partial charge in [-0.1, -0.05) is 26.2 Å². The zero-order valence-corrected chi connectivity index (χ0v) is 14.6. The molecule has 3 rings (SSSR count). The molecule has 23 heavy (non-hydrogen) atoms. The first kappa shape index (κ1) is 16.8. The van der Waals surface area contributed by atoms with Crippen molar-refractivity contribution in [1.29, 1.82) is 0 Å². The minimum absolute atomic E-state index is 0.0822. The van der Waals surface area contributed by atoms with Crippen LogP contribution in [-0.2, 0) is 9.59 Å². The van der Waals surface area contributed by atoms with Crippen LogP contribution in [0.3, 0.4) is 0 Å². The van der Waals surface area contributed by atoms with Crippen LogP contribution in [-0.4, -0.2) is 47.3 Å². The number of nitrogens with zero attached hydrogens (tertiary/aromatic N) is 2. The molecule has 0 aromatic rings. The number of hydrogen-bond donors (Lipinski definition) is 0. The highest BCUT2D eigenvalue weighted by Crippen LogP contribution is 2.32. The number of carbonyl (C=O) groups excluding carboxylic acids is 2. The van der Waals surface area contributed by atoms with Gasteiger partial charge in [0.2, 0.25) is 11.8 Å². The van der Waals surface area contributed by atoms with E-state index in [1.807, 2.05) is 9.80 Å². The Kier molecular flexibility index (Phi) is 5.60. The second-order valence-corrected chi connectivity index (χ2v) is 7.95. The lowest BCUT2D eigenvalue weighted by Crippen LogP contribution is -2.41. The van der Waals surface area contributed by atoms with E-state index in [1.165, 1.54) is 32.1 Å². The van der Waals surface area contributed by atoms with E-state index in [0.717, 1.165) is 44.7 Å². The number of carbonyl (C=O) groups is 2. The third-order valence-corrected chi connectivity index (χ3v) is 6.10. The van der Waals surface area contributed by atoms with Crippen LogP contribution in [0, 0.1) is 11.8 Å². The summed E-state index contributed by atoms with van der Waals surface area (Å²) >= 11 is 0. The summed E-state index contributed by atoms with van der Waals surface area (Å²) in [6.45, 7) is 4.76. The SMILES string of the molecule is CC1CCC(N2C[C@H](C(=O)N3CCCCCCC3)CC2=O)CC1. The maximum Gasteiger partial charge on any atom is 0.227 e. The number of likely N-dealkylation sites (tertiary alicyclic amines) is 2. The van der Waals surface area contributed by atoms with Crippen molar-refractivity contribution in [3.05, 3.63) is 0 Å². The molecule has 2 heterocycles. The summed E-state index contributed by atoms with van der Waals surface area (Å²) in [4.78, 5) is 29.4. The maximum absolute atomic E-state index is 12.8. The Labute approximate surface area is 140 Å². The van der Waals surface area contributed by atoms with Crippen molar-refractivity contribution >= 4 is 11.8 Å². The molecule has 0 spiro atoms. The molecule has 130 valence electrons. The van der Waals surface area contributed by atoms with Gasteiger partial charge in [0.1, 0.15) is 0 Å². The summed E-state index contributed by atoms with van der Waals surface area (Å²) in [5.74, 6) is 1.17. The minimum atomic E-state index is -0.0822. The highest BCUT2D eigenvalue weighted by atomic mass is 16.2. The third-order valence-electron chi connectivity index (χ3n) is 6.10. The monoisotopic (exact) mass is 320 g/mol. The predicted molar refractivity (Wildman–Crippen MR) is 90.9 cm³/mol. The smallest absolute Gasteiger partial charge is 0.227 e. The van der Waals surface area contributed by atoms with Crippen LogP contribution in [0.5, 0.6) is 0 Å². The van der Waals surface area contributed by atoms with Gasteiger partial charge in [0.15, 0.2) is 0 Å². The molecule has 0 radical (unpaired) electrons. The van der Waals surface area contributed by atoms with E-state index in [1.54, 1.807) is 0 Å². The molecule has 0 N–H and O–H groups in total. The van der Waals surface area contributed by atoms with Crippen LogP contribution in [0.25, 0.3) is 0 Å². The van der Waals surface area contributed by atoms with E-state index in [0.29, 0.717) is 19.0 Å². The third kappa shape index (κ3) is 4.07. The van der Waals surface area contributed by atoms with Gasteiger partial charge >= 0.3 is 0 Å². The van der Waals surface area contributed by atoms with Crippen molar-refractivity contribution in [2.24, 2.45) is 11.8 Å². The Morgan fingerprint density at radius 3 is 2.22 bits per heavy atom. The van der Waals surface area contributed by atoms with Crippen LogP contribution in [0.4, 0.5) is 0 Å². The standard InChI is InChI=1S/C19H32N2O2/c1-15-7-9-17(10-8-15)21-14-16(13-18(21)22)19(23)20-11-5-3-2-4-6-12-20/h15-17H,2-14H2,1H3/t15?,16-,17?/m1/s1. The molecule has 0 bridgehead atoms. The second-order valence-electron chi connectivity index (χ2n) is 7.95. The Balaban J connectivity index is 1.56. The van der Waals surface area contributed by atoms with E-state index in [9.17, 15) is 9.59 Å². The van der Waals surface area contributed by atoms with E-state index in [2.05, 4.69) is 6.92 Å². The lowest BCUT2D eigenvalue weighted by Gasteiger charge is -2.34. The van der Waals surface area contributed by atoms with Gasteiger partial charge in [0, 0.05) is 32.1 Å². The molecule has 3 fully saturated rings. The number of hydrogen-bond acceptors (Lipinski definition) is 2. The van der Waals surface area contributed by atoms with Crippen LogP contribution in [0.1, 0.15) is 71.1 Å². The Hall–Kier alpha value is -1.06. The van der Waals surface area contributed by atoms with Crippen LogP contribution in [0.2, 0.25) is 0 Å². The second kappa shape index (κ2) is 7.67. The predicted octanol–water partition coefficient (Wildman–Crippen LogP) is 3.21. The first-order valence-corrected chi connectivity index (χ1v) is 9.73. The summed E-state index contributed by atoms with van der Waals surface area (Å²) in [7, 11) is 0. The fourth-order valence-electron chi connectivity index (χ4n) is 4.53. The minimum Gasteiger partial charge on any atom is -0.342 e. The largest absolute Gasteiger partial charge is 0.342 e. The summed E-state index contributed by atoms with van der Waals surface area (Å²) in [6, 6.07) is 0.392. The summed E-state index contributed by atoms with van der Waals surface area (Å²) in [5.41, 5.74) is 0. The van der Waals surface area contributed by atoms with Crippen molar-refractivity contribution in [1.82, 2.24) is 9.80 Å². The topological polar surface area (TPSA) is 40.6 Å². The molecule has 2 aliphatic heterocycles. The van der Waals surface area contributed by atoms with Gasteiger partial charge in [-0.25, -0.2) is 0 Å². The van der Waals surface area contributed by atoms with Crippen molar-refractivity contribution in [3.8, 4) is 0 Å². The molecule has 1 saturated carbocycles. The molecule has 3 aliphatic rings. The van der Waals surface area contributed by atoms with Gasteiger partial charge in [-0.2, -0.15) is 0 Å². The van der Waals surface area contributed by atoms with E-state index < -0.39 is 0 Å². The van der Waals surface area contributed by atoms with Crippen LogP contribution >= 0.6 is 0 Å². The Bertz CT molecular complexity index is 421. The Morgan fingerprint density at radius 1 is 0.957 bits per heavy atom. The normalized spacial score (nSPS) is 33.4. The first-order chi connectivity index (χ1) is 11.1. The van der Waals surface area contributed by atoms with E-state index in [-0.39, 0.29) is 17.7 Å². The summed E-state index contributed by atoms with van der Waals surface area (Å²) in [5, 5.41) is 0. The van der Waals surface area contributed by atoms with Crippen molar-refractivity contribution in [3.63, 3.8) is 0 Å². The zero-order valence-electron chi connectivity index (χ0n) is 14.6. The van der Waals surface area contributed by atoms with Gasteiger partial charge < -0.3 is 9.80 Å². The molecular weight excluding hydrogens is 288 g/mol. The molecule has 2 saturated heterocycles. The molecular formula is C19H32N2O2. The molecule has 0 unspecified atom stereocenters. The molecule has 0 aromatic carbocycles. The fraction of sp³-hybridized carbons (Fsp3) is 0.895. The lowest BCUT2D eigenvalue weighted by molar-refractivity contribution is -0.136. The summed E-state index contributed by atoms with van der Waals surface area (Å²) in [6.07, 6.45) is 11.2. The van der Waals surface area contributed by atoms with E-state index >= 15 is 0 Å². The van der Waals surface area contributed by atoms with Gasteiger partial charge in [0.05, 0.1) is 5.92 Å². The molecule has 4 heteroatoms. The average molecular weight is 320 g/mol. The fourth-order valence-corrected chi connectivity index (χ4v) is 4.53. The van der Waals surface area contributed by atoms with E-state index in [4.69, 9.17) is 0 Å². The highest BCUT2D eigenvalue weighted by molar-refractivity contribution is 5.89. The highest BCUT2D eigenvalue weighted by Gasteiger charge is 2.40. The number of amides is 2. The maximum atomic E-state index is 12.8. The van der Waals surface area contributed by atoms with Gasteiger partial charge in [0.25, 0.3) is 0 Å². The summed E-state index contributed by atoms with van der Waals surface area (Å²) < 4.78 is 0. The number of rotatable bonds is 2. The molecule has 1 atom stereocenters. The molecule has 0 aromatic heterocycles. The molecule has 1 aliphatic carbocycles. The van der Waals surface area contributed by atoms with Crippen molar-refractivity contribution in [2.45, 2.75) is 77.2 Å². The first-order valence-electron chi connectivity index (χ1n) is 9.73. The van der Waals surface area contributed by atoms with Gasteiger partial charge in [-0.15, -0.1) is 0 Å². The van der Waals surface area contributed by atoms with Crippen LogP contribution in [0.15, 0.2) is 0 Å². The average Bonchev–Trinajstić information content (AvgIpc) is 2.89. The molecule has 2 amide bonds. The molecule has 4 nitrogen and oxygen atoms in total. The van der Waals surface area contributed by atoms with Crippen molar-refractivity contribution in [2.75, 3.05) is 19.6 Å². The zero-order chi connectivity index (χ0) is 16.2. The Morgan fingerprint density at radius 2 is 1.57 bits per heavy atom. The quantitative estimate of drug-likeness (QED) is 0.784. The van der Waals surface area contributed by atoms with Gasteiger partial charge in [-0.3, -0.25) is 9.59 Å². The lowest BCUT2D eigenvalue weighted by atomic mass is 9.86.